The van der Waals surface area contributed by atoms with Gasteiger partial charge in [-0.25, -0.2) is 0 Å². The Labute approximate surface area is 203 Å². The van der Waals surface area contributed by atoms with Crippen LogP contribution in [0.2, 0.25) is 0 Å². The average molecular weight is 467 g/mol. The highest BCUT2D eigenvalue weighted by molar-refractivity contribution is 6.15. The number of ketones is 1. The van der Waals surface area contributed by atoms with Crippen molar-refractivity contribution in [3.8, 4) is 0 Å². The van der Waals surface area contributed by atoms with Gasteiger partial charge in [0, 0.05) is 35.1 Å². The van der Waals surface area contributed by atoms with Crippen molar-refractivity contribution in [3.05, 3.63) is 94.5 Å². The quantitative estimate of drug-likeness (QED) is 0.405. The van der Waals surface area contributed by atoms with Crippen molar-refractivity contribution in [2.24, 2.45) is 10.7 Å². The Morgan fingerprint density at radius 1 is 0.971 bits per heavy atom. The van der Waals surface area contributed by atoms with E-state index in [4.69, 9.17) is 5.73 Å². The minimum absolute atomic E-state index is 0.185. The molecule has 3 aromatic carbocycles. The van der Waals surface area contributed by atoms with E-state index < -0.39 is 11.8 Å². The van der Waals surface area contributed by atoms with E-state index in [0.29, 0.717) is 16.8 Å². The Bertz CT molecular complexity index is 1320. The van der Waals surface area contributed by atoms with E-state index in [1.165, 1.54) is 24.5 Å². The first-order valence-corrected chi connectivity index (χ1v) is 11.7. The van der Waals surface area contributed by atoms with Crippen LogP contribution in [0.1, 0.15) is 56.2 Å². The third-order valence-corrected chi connectivity index (χ3v) is 6.51. The first-order valence-electron chi connectivity index (χ1n) is 11.7. The van der Waals surface area contributed by atoms with Crippen molar-refractivity contribution in [3.63, 3.8) is 0 Å². The number of rotatable bonds is 7. The number of aliphatic imine (C=N–C) groups is 1. The minimum Gasteiger partial charge on any atom is -0.366 e. The van der Waals surface area contributed by atoms with Gasteiger partial charge in [0.25, 0.3) is 0 Å². The van der Waals surface area contributed by atoms with Gasteiger partial charge in [-0.3, -0.25) is 24.3 Å². The molecule has 3 N–H and O–H groups in total. The molecule has 1 fully saturated rings. The third kappa shape index (κ3) is 4.90. The summed E-state index contributed by atoms with van der Waals surface area (Å²) in [7, 11) is 0. The van der Waals surface area contributed by atoms with E-state index in [9.17, 15) is 14.4 Å². The predicted molar refractivity (Wildman–Crippen MR) is 135 cm³/mol. The number of carbonyl (C=O) groups is 3. The molecule has 5 rings (SSSR count). The number of likely N-dealkylation sites (tertiary alicyclic amines) is 1. The highest BCUT2D eigenvalue weighted by Crippen LogP contribution is 2.33. The second kappa shape index (κ2) is 9.64. The summed E-state index contributed by atoms with van der Waals surface area (Å²) >= 11 is 0. The number of nitrogens with two attached hydrogens (primary N) is 1. The summed E-state index contributed by atoms with van der Waals surface area (Å²) < 4.78 is 0. The average Bonchev–Trinajstić information content (AvgIpc) is 3.49. The molecule has 1 atom stereocenters. The molecule has 1 saturated heterocycles. The maximum absolute atomic E-state index is 12.9. The summed E-state index contributed by atoms with van der Waals surface area (Å²) in [6.45, 7) is 3.27. The first-order chi connectivity index (χ1) is 17.0. The van der Waals surface area contributed by atoms with Gasteiger partial charge in [0.05, 0.1) is 5.69 Å². The normalized spacial score (nSPS) is 17.5. The number of hydrogen-bond acceptors (Lipinski definition) is 5. The number of amides is 2. The van der Waals surface area contributed by atoms with E-state index in [-0.39, 0.29) is 17.3 Å². The summed E-state index contributed by atoms with van der Waals surface area (Å²) in [4.78, 5) is 44.0. The number of benzene rings is 3. The van der Waals surface area contributed by atoms with Crippen molar-refractivity contribution in [1.82, 2.24) is 4.90 Å². The van der Waals surface area contributed by atoms with E-state index in [0.717, 1.165) is 30.9 Å². The Balaban J connectivity index is 1.30. The molecular formula is C28H26N4O3. The lowest BCUT2D eigenvalue weighted by atomic mass is 9.96. The number of nitrogens with zero attached hydrogens (tertiary/aromatic N) is 2. The van der Waals surface area contributed by atoms with Crippen molar-refractivity contribution in [1.29, 1.82) is 0 Å². The molecule has 2 aliphatic heterocycles. The summed E-state index contributed by atoms with van der Waals surface area (Å²) in [5, 5.41) is 2.85. The Morgan fingerprint density at radius 3 is 2.43 bits per heavy atom. The second-order valence-corrected chi connectivity index (χ2v) is 8.97. The SMILES string of the molecule is NC(=O)c1cccc(C(=O)c2ccc3c(c2)NC(=O)C3C=Nc2ccc(CN3CCCC3)cc2)c1. The first kappa shape index (κ1) is 22.7. The number of anilines is 1. The van der Waals surface area contributed by atoms with Crippen LogP contribution >= 0.6 is 0 Å². The fourth-order valence-electron chi connectivity index (χ4n) is 4.60. The van der Waals surface area contributed by atoms with Gasteiger partial charge in [0.15, 0.2) is 5.78 Å². The van der Waals surface area contributed by atoms with E-state index in [1.54, 1.807) is 42.6 Å². The van der Waals surface area contributed by atoms with Crippen molar-refractivity contribution < 1.29 is 14.4 Å². The molecule has 7 heteroatoms. The van der Waals surface area contributed by atoms with Gasteiger partial charge in [0.2, 0.25) is 11.8 Å². The maximum Gasteiger partial charge on any atom is 0.248 e. The monoisotopic (exact) mass is 466 g/mol. The van der Waals surface area contributed by atoms with Crippen molar-refractivity contribution in [2.45, 2.75) is 25.3 Å². The molecule has 0 bridgehead atoms. The lowest BCUT2D eigenvalue weighted by molar-refractivity contribution is -0.115. The highest BCUT2D eigenvalue weighted by Gasteiger charge is 2.30. The number of carbonyl (C=O) groups excluding carboxylic acids is 3. The highest BCUT2D eigenvalue weighted by atomic mass is 16.2. The fraction of sp³-hybridized carbons (Fsp3) is 0.214. The summed E-state index contributed by atoms with van der Waals surface area (Å²) in [6, 6.07) is 19.5. The molecular weight excluding hydrogens is 440 g/mol. The molecule has 0 aromatic heterocycles. The topological polar surface area (TPSA) is 105 Å². The van der Waals surface area contributed by atoms with Gasteiger partial charge < -0.3 is 11.1 Å². The molecule has 2 amide bonds. The molecule has 0 aliphatic carbocycles. The van der Waals surface area contributed by atoms with Crippen LogP contribution in [0.4, 0.5) is 11.4 Å². The molecule has 7 nitrogen and oxygen atoms in total. The molecule has 176 valence electrons. The van der Waals surface area contributed by atoms with Crippen LogP contribution in [0, 0.1) is 0 Å². The van der Waals surface area contributed by atoms with Gasteiger partial charge >= 0.3 is 0 Å². The van der Waals surface area contributed by atoms with Crippen molar-refractivity contribution in [2.75, 3.05) is 18.4 Å². The minimum atomic E-state index is -0.593. The van der Waals surface area contributed by atoms with Crippen molar-refractivity contribution >= 4 is 35.2 Å². The Morgan fingerprint density at radius 2 is 1.69 bits per heavy atom. The molecule has 2 heterocycles. The van der Waals surface area contributed by atoms with Crippen LogP contribution < -0.4 is 11.1 Å². The van der Waals surface area contributed by atoms with E-state index in [2.05, 4.69) is 27.3 Å². The Kier molecular flexibility index (Phi) is 6.25. The van der Waals surface area contributed by atoms with Gasteiger partial charge in [-0.2, -0.15) is 0 Å². The van der Waals surface area contributed by atoms with Crippen LogP contribution in [-0.2, 0) is 11.3 Å². The number of primary amides is 1. The molecule has 3 aromatic rings. The van der Waals surface area contributed by atoms with Gasteiger partial charge in [-0.1, -0.05) is 36.4 Å². The number of hydrogen-bond donors (Lipinski definition) is 2. The molecule has 0 radical (unpaired) electrons. The Hall–Kier alpha value is -4.10. The third-order valence-electron chi connectivity index (χ3n) is 6.51. The smallest absolute Gasteiger partial charge is 0.248 e. The molecule has 0 spiro atoms. The van der Waals surface area contributed by atoms with E-state index >= 15 is 0 Å². The molecule has 2 aliphatic rings. The van der Waals surface area contributed by atoms with Crippen LogP contribution in [0.15, 0.2) is 71.7 Å². The maximum atomic E-state index is 12.9. The standard InChI is InChI=1S/C28H26N4O3/c29-27(34)21-5-3-4-19(14-21)26(33)20-8-11-23-24(28(35)31-25(23)15-20)16-30-22-9-6-18(7-10-22)17-32-12-1-2-13-32/h3-11,14-16,24H,1-2,12-13,17H2,(H2,29,34)(H,31,35). The van der Waals surface area contributed by atoms with Gasteiger partial charge in [-0.05, 0) is 67.4 Å². The molecule has 1 unspecified atom stereocenters. The zero-order valence-electron chi connectivity index (χ0n) is 19.2. The predicted octanol–water partition coefficient (Wildman–Crippen LogP) is 4.05. The lowest BCUT2D eigenvalue weighted by Gasteiger charge is -2.14. The van der Waals surface area contributed by atoms with Crippen LogP contribution in [0.3, 0.4) is 0 Å². The number of fused-ring (bicyclic) bond motifs is 1. The summed E-state index contributed by atoms with van der Waals surface area (Å²) in [5.74, 6) is -1.56. The molecule has 0 saturated carbocycles. The summed E-state index contributed by atoms with van der Waals surface area (Å²) in [6.07, 6.45) is 4.19. The number of nitrogens with one attached hydrogen (secondary N) is 1. The van der Waals surface area contributed by atoms with Gasteiger partial charge in [0.1, 0.15) is 5.92 Å². The summed E-state index contributed by atoms with van der Waals surface area (Å²) in [5.41, 5.74) is 9.77. The van der Waals surface area contributed by atoms with Gasteiger partial charge in [-0.15, -0.1) is 0 Å². The second-order valence-electron chi connectivity index (χ2n) is 8.97. The largest absolute Gasteiger partial charge is 0.366 e. The zero-order valence-corrected chi connectivity index (χ0v) is 19.2. The van der Waals surface area contributed by atoms with Crippen LogP contribution in [0.5, 0.6) is 0 Å². The van der Waals surface area contributed by atoms with E-state index in [1.807, 2.05) is 12.1 Å². The lowest BCUT2D eigenvalue weighted by Crippen LogP contribution is -2.18. The van der Waals surface area contributed by atoms with Crippen LogP contribution in [-0.4, -0.2) is 41.8 Å². The van der Waals surface area contributed by atoms with Crippen LogP contribution in [0.25, 0.3) is 0 Å². The fourth-order valence-corrected chi connectivity index (χ4v) is 4.60. The molecule has 35 heavy (non-hydrogen) atoms. The zero-order chi connectivity index (χ0) is 24.4.